The van der Waals surface area contributed by atoms with Gasteiger partial charge in [0, 0.05) is 28.1 Å². The van der Waals surface area contributed by atoms with Gasteiger partial charge in [-0.2, -0.15) is 10.4 Å². The molecule has 0 radical (unpaired) electrons. The van der Waals surface area contributed by atoms with Crippen LogP contribution in [0.4, 0.5) is 4.39 Å². The van der Waals surface area contributed by atoms with Crippen molar-refractivity contribution in [3.8, 4) is 16.5 Å². The first kappa shape index (κ1) is 17.7. The van der Waals surface area contributed by atoms with Gasteiger partial charge in [0.25, 0.3) is 0 Å². The van der Waals surface area contributed by atoms with Gasteiger partial charge in [-0.05, 0) is 29.8 Å². The summed E-state index contributed by atoms with van der Waals surface area (Å²) in [6, 6.07) is 9.48. The van der Waals surface area contributed by atoms with E-state index in [-0.39, 0.29) is 24.4 Å². The second-order valence-electron chi connectivity index (χ2n) is 5.45. The van der Waals surface area contributed by atoms with E-state index in [9.17, 15) is 9.18 Å². The Morgan fingerprint density at radius 2 is 2.27 bits per heavy atom. The predicted molar refractivity (Wildman–Crippen MR) is 96.1 cm³/mol. The lowest BCUT2D eigenvalue weighted by atomic mass is 10.2. The van der Waals surface area contributed by atoms with Gasteiger partial charge < -0.3 is 5.73 Å². The van der Waals surface area contributed by atoms with Crippen LogP contribution in [0.1, 0.15) is 10.6 Å². The molecule has 132 valence electrons. The number of nitrogens with zero attached hydrogens (tertiary/aromatic N) is 5. The average Bonchev–Trinajstić information content (AvgIpc) is 3.28. The van der Waals surface area contributed by atoms with E-state index in [2.05, 4.69) is 16.2 Å². The Morgan fingerprint density at radius 3 is 3.00 bits per heavy atom. The molecule has 0 aliphatic heterocycles. The zero-order valence-electron chi connectivity index (χ0n) is 13.7. The molecule has 9 heteroatoms. The first-order chi connectivity index (χ1) is 12.7. The smallest absolute Gasteiger partial charge is 0.327 e. The fourth-order valence-corrected chi connectivity index (χ4v) is 3.43. The normalized spacial score (nSPS) is 11.5. The zero-order chi connectivity index (χ0) is 18.5. The summed E-state index contributed by atoms with van der Waals surface area (Å²) >= 11 is 1.47. The summed E-state index contributed by atoms with van der Waals surface area (Å²) in [7, 11) is 0. The molecule has 7 nitrogen and oxygen atoms in total. The molecule has 3 rings (SSSR count). The average molecular weight is 370 g/mol. The van der Waals surface area contributed by atoms with E-state index < -0.39 is 0 Å². The van der Waals surface area contributed by atoms with Gasteiger partial charge in [-0.1, -0.05) is 0 Å². The number of pyridine rings is 1. The van der Waals surface area contributed by atoms with Crippen molar-refractivity contribution in [2.75, 3.05) is 6.54 Å². The van der Waals surface area contributed by atoms with Gasteiger partial charge in [-0.3, -0.25) is 4.57 Å². The highest BCUT2D eigenvalue weighted by Crippen LogP contribution is 2.29. The fourth-order valence-electron chi connectivity index (χ4n) is 2.39. The minimum atomic E-state index is -0.341. The van der Waals surface area contributed by atoms with Gasteiger partial charge in [0.15, 0.2) is 0 Å². The van der Waals surface area contributed by atoms with Crippen LogP contribution >= 0.6 is 11.3 Å². The Labute approximate surface area is 152 Å². The monoisotopic (exact) mass is 370 g/mol. The number of rotatable bonds is 6. The molecule has 3 aromatic heterocycles. The molecule has 0 saturated heterocycles. The molecule has 0 aromatic carbocycles. The minimum Gasteiger partial charge on any atom is -0.327 e. The van der Waals surface area contributed by atoms with Crippen molar-refractivity contribution in [1.29, 1.82) is 5.26 Å². The molecule has 0 amide bonds. The van der Waals surface area contributed by atoms with Crippen molar-refractivity contribution < 1.29 is 4.39 Å². The standard InChI is InChI=1S/C17H15FN6OS/c18-6-12(7-19)9-24-17(25)23(11-22-24)10-13-3-4-16(26-13)14-2-1-5-21-15(14)8-20/h1-6,11H,7,9-10,19H2/b12-6+. The Balaban J connectivity index is 1.81. The maximum absolute atomic E-state index is 12.6. The third-order valence-corrected chi connectivity index (χ3v) is 4.84. The van der Waals surface area contributed by atoms with Crippen molar-refractivity contribution in [2.24, 2.45) is 5.73 Å². The van der Waals surface area contributed by atoms with Crippen LogP contribution in [0.25, 0.3) is 10.4 Å². The van der Waals surface area contributed by atoms with Crippen molar-refractivity contribution in [1.82, 2.24) is 19.3 Å². The Kier molecular flexibility index (Phi) is 5.36. The van der Waals surface area contributed by atoms with Gasteiger partial charge in [-0.25, -0.2) is 18.9 Å². The van der Waals surface area contributed by atoms with Crippen molar-refractivity contribution >= 4 is 11.3 Å². The molecular formula is C17H15FN6OS. The van der Waals surface area contributed by atoms with E-state index in [4.69, 9.17) is 11.0 Å². The highest BCUT2D eigenvalue weighted by molar-refractivity contribution is 7.15. The van der Waals surface area contributed by atoms with Crippen molar-refractivity contribution in [3.05, 3.63) is 69.7 Å². The van der Waals surface area contributed by atoms with Crippen LogP contribution < -0.4 is 11.4 Å². The van der Waals surface area contributed by atoms with Crippen LogP contribution in [0.15, 0.2) is 53.5 Å². The molecule has 0 atom stereocenters. The number of thiophene rings is 1. The lowest BCUT2D eigenvalue weighted by Gasteiger charge is -2.01. The SMILES string of the molecule is N#Cc1ncccc1-c1ccc(Cn2cnn(C/C(=C/F)CN)c2=O)s1. The first-order valence-corrected chi connectivity index (χ1v) is 8.52. The number of hydrogen-bond donors (Lipinski definition) is 1. The molecule has 0 aliphatic carbocycles. The molecule has 0 spiro atoms. The molecule has 3 heterocycles. The van der Waals surface area contributed by atoms with E-state index in [0.717, 1.165) is 15.3 Å². The Morgan fingerprint density at radius 1 is 1.42 bits per heavy atom. The van der Waals surface area contributed by atoms with Gasteiger partial charge in [-0.15, -0.1) is 11.3 Å². The van der Waals surface area contributed by atoms with E-state index in [0.29, 0.717) is 18.6 Å². The number of nitrogens with two attached hydrogens (primary N) is 1. The van der Waals surface area contributed by atoms with Crippen LogP contribution in [-0.2, 0) is 13.1 Å². The minimum absolute atomic E-state index is 0.0235. The summed E-state index contributed by atoms with van der Waals surface area (Å²) in [6.45, 7) is 0.384. The molecule has 0 saturated carbocycles. The summed E-state index contributed by atoms with van der Waals surface area (Å²) in [5.74, 6) is 0. The van der Waals surface area contributed by atoms with Crippen LogP contribution in [-0.4, -0.2) is 25.9 Å². The lowest BCUT2D eigenvalue weighted by Crippen LogP contribution is -2.26. The maximum Gasteiger partial charge on any atom is 0.346 e. The predicted octanol–water partition coefficient (Wildman–Crippen LogP) is 1.90. The van der Waals surface area contributed by atoms with E-state index in [1.165, 1.54) is 26.9 Å². The third-order valence-electron chi connectivity index (χ3n) is 3.73. The molecule has 0 unspecified atom stereocenters. The summed E-state index contributed by atoms with van der Waals surface area (Å²) in [4.78, 5) is 18.2. The summed E-state index contributed by atoms with van der Waals surface area (Å²) < 4.78 is 15.2. The molecule has 2 N–H and O–H groups in total. The largest absolute Gasteiger partial charge is 0.346 e. The second kappa shape index (κ2) is 7.86. The number of halogens is 1. The highest BCUT2D eigenvalue weighted by atomic mass is 32.1. The van der Waals surface area contributed by atoms with E-state index >= 15 is 0 Å². The highest BCUT2D eigenvalue weighted by Gasteiger charge is 2.11. The lowest BCUT2D eigenvalue weighted by molar-refractivity contribution is 0.604. The molecule has 26 heavy (non-hydrogen) atoms. The third kappa shape index (κ3) is 3.61. The van der Waals surface area contributed by atoms with Crippen LogP contribution in [0.2, 0.25) is 0 Å². The van der Waals surface area contributed by atoms with Crippen LogP contribution in [0.5, 0.6) is 0 Å². The topological polar surface area (TPSA) is 103 Å². The number of nitriles is 1. The van der Waals surface area contributed by atoms with Gasteiger partial charge in [0.05, 0.1) is 19.4 Å². The molecular weight excluding hydrogens is 355 g/mol. The summed E-state index contributed by atoms with van der Waals surface area (Å²) in [5, 5.41) is 13.2. The van der Waals surface area contributed by atoms with Crippen LogP contribution in [0.3, 0.4) is 0 Å². The number of aromatic nitrogens is 4. The molecule has 0 fully saturated rings. The van der Waals surface area contributed by atoms with Crippen LogP contribution in [0, 0.1) is 11.3 Å². The van der Waals surface area contributed by atoms with Gasteiger partial charge >= 0.3 is 5.69 Å². The zero-order valence-corrected chi connectivity index (χ0v) is 14.5. The van der Waals surface area contributed by atoms with Gasteiger partial charge in [0.1, 0.15) is 18.1 Å². The van der Waals surface area contributed by atoms with E-state index in [1.807, 2.05) is 18.2 Å². The van der Waals surface area contributed by atoms with E-state index in [1.54, 1.807) is 12.3 Å². The summed E-state index contributed by atoms with van der Waals surface area (Å²) in [5.41, 5.74) is 6.47. The Hall–Kier alpha value is -3.09. The molecule has 0 aliphatic rings. The first-order valence-electron chi connectivity index (χ1n) is 7.71. The molecule has 3 aromatic rings. The Bertz CT molecular complexity index is 1040. The number of hydrogen-bond acceptors (Lipinski definition) is 6. The fraction of sp³-hybridized carbons (Fsp3) is 0.176. The van der Waals surface area contributed by atoms with Crippen molar-refractivity contribution in [3.63, 3.8) is 0 Å². The van der Waals surface area contributed by atoms with Gasteiger partial charge in [0.2, 0.25) is 0 Å². The maximum atomic E-state index is 12.6. The summed E-state index contributed by atoms with van der Waals surface area (Å²) in [6.07, 6.45) is 3.39. The molecule has 0 bridgehead atoms. The second-order valence-corrected chi connectivity index (χ2v) is 6.62. The quantitative estimate of drug-likeness (QED) is 0.714. The van der Waals surface area contributed by atoms with Crippen molar-refractivity contribution in [2.45, 2.75) is 13.1 Å².